The molecular formula is C20H21NO. The third-order valence-corrected chi connectivity index (χ3v) is 4.13. The number of hydrogen-bond donors (Lipinski definition) is 1. The number of aryl methyl sites for hydroxylation is 1. The van der Waals surface area contributed by atoms with Crippen LogP contribution in [-0.2, 0) is 6.42 Å². The molecule has 1 heterocycles. The van der Waals surface area contributed by atoms with Crippen LogP contribution in [0.1, 0.15) is 40.9 Å². The fourth-order valence-corrected chi connectivity index (χ4v) is 3.04. The Morgan fingerprint density at radius 2 is 1.82 bits per heavy atom. The van der Waals surface area contributed by atoms with Crippen LogP contribution in [0.2, 0.25) is 0 Å². The van der Waals surface area contributed by atoms with E-state index in [1.165, 1.54) is 11.1 Å². The molecule has 0 aromatic heterocycles. The standard InChI is InChI=1S/C20H21NO/c1-14-8-7-11-16-17(14)13-20(2,3)21-18(16)12-19(22)15-9-5-4-6-10-15/h4-12,21H,13H2,1-3H3/b18-12-. The Morgan fingerprint density at radius 3 is 2.55 bits per heavy atom. The molecule has 3 rings (SSSR count). The van der Waals surface area contributed by atoms with E-state index in [1.54, 1.807) is 6.08 Å². The van der Waals surface area contributed by atoms with Crippen molar-refractivity contribution >= 4 is 11.5 Å². The molecule has 0 fully saturated rings. The van der Waals surface area contributed by atoms with Crippen molar-refractivity contribution in [2.45, 2.75) is 32.7 Å². The largest absolute Gasteiger partial charge is 0.379 e. The smallest absolute Gasteiger partial charge is 0.187 e. The Labute approximate surface area is 131 Å². The highest BCUT2D eigenvalue weighted by molar-refractivity contribution is 6.08. The van der Waals surface area contributed by atoms with Gasteiger partial charge in [-0.1, -0.05) is 48.5 Å². The van der Waals surface area contributed by atoms with E-state index in [2.05, 4.69) is 44.3 Å². The van der Waals surface area contributed by atoms with Crippen LogP contribution in [0.15, 0.2) is 54.6 Å². The van der Waals surface area contributed by atoms with Crippen LogP contribution in [-0.4, -0.2) is 11.3 Å². The topological polar surface area (TPSA) is 29.1 Å². The lowest BCUT2D eigenvalue weighted by Crippen LogP contribution is -2.44. The number of nitrogens with one attached hydrogen (secondary N) is 1. The van der Waals surface area contributed by atoms with Gasteiger partial charge < -0.3 is 5.32 Å². The van der Waals surface area contributed by atoms with E-state index in [9.17, 15) is 4.79 Å². The summed E-state index contributed by atoms with van der Waals surface area (Å²) in [6.07, 6.45) is 2.69. The van der Waals surface area contributed by atoms with Gasteiger partial charge in [0.1, 0.15) is 0 Å². The zero-order chi connectivity index (χ0) is 15.7. The van der Waals surface area contributed by atoms with Gasteiger partial charge in [0.15, 0.2) is 5.78 Å². The third-order valence-electron chi connectivity index (χ3n) is 4.13. The Kier molecular flexibility index (Phi) is 3.61. The number of allylic oxidation sites excluding steroid dienone is 1. The first-order valence-corrected chi connectivity index (χ1v) is 7.64. The van der Waals surface area contributed by atoms with E-state index in [0.29, 0.717) is 0 Å². The zero-order valence-corrected chi connectivity index (χ0v) is 13.3. The molecule has 1 aliphatic heterocycles. The molecule has 0 amide bonds. The van der Waals surface area contributed by atoms with Crippen LogP contribution < -0.4 is 5.32 Å². The predicted octanol–water partition coefficient (Wildman–Crippen LogP) is 4.14. The number of rotatable bonds is 2. The van der Waals surface area contributed by atoms with Gasteiger partial charge in [-0.25, -0.2) is 0 Å². The second-order valence-electron chi connectivity index (χ2n) is 6.57. The van der Waals surface area contributed by atoms with E-state index < -0.39 is 0 Å². The van der Waals surface area contributed by atoms with Crippen molar-refractivity contribution in [2.75, 3.05) is 0 Å². The summed E-state index contributed by atoms with van der Waals surface area (Å²) in [4.78, 5) is 12.5. The summed E-state index contributed by atoms with van der Waals surface area (Å²) >= 11 is 0. The maximum atomic E-state index is 12.5. The summed E-state index contributed by atoms with van der Waals surface area (Å²) in [5.41, 5.74) is 5.34. The van der Waals surface area contributed by atoms with E-state index in [-0.39, 0.29) is 11.3 Å². The summed E-state index contributed by atoms with van der Waals surface area (Å²) in [5.74, 6) is 0.0354. The number of carbonyl (C=O) groups is 1. The Balaban J connectivity index is 2.06. The highest BCUT2D eigenvalue weighted by Crippen LogP contribution is 2.31. The number of hydrogen-bond acceptors (Lipinski definition) is 2. The van der Waals surface area contributed by atoms with Gasteiger partial charge in [-0.2, -0.15) is 0 Å². The molecule has 2 aromatic carbocycles. The lowest BCUT2D eigenvalue weighted by atomic mass is 9.83. The van der Waals surface area contributed by atoms with Crippen LogP contribution in [0.25, 0.3) is 5.70 Å². The number of ketones is 1. The maximum absolute atomic E-state index is 12.5. The van der Waals surface area contributed by atoms with Crippen LogP contribution in [0, 0.1) is 6.92 Å². The molecule has 0 spiro atoms. The van der Waals surface area contributed by atoms with Crippen LogP contribution in [0.5, 0.6) is 0 Å². The van der Waals surface area contributed by atoms with E-state index >= 15 is 0 Å². The van der Waals surface area contributed by atoms with Gasteiger partial charge in [0.05, 0.1) is 0 Å². The minimum absolute atomic E-state index is 0.0354. The molecule has 112 valence electrons. The molecule has 2 aromatic rings. The first-order chi connectivity index (χ1) is 10.5. The summed E-state index contributed by atoms with van der Waals surface area (Å²) in [5, 5.41) is 3.52. The lowest BCUT2D eigenvalue weighted by molar-refractivity contribution is 0.104. The van der Waals surface area contributed by atoms with Crippen molar-refractivity contribution in [2.24, 2.45) is 0 Å². The minimum Gasteiger partial charge on any atom is -0.379 e. The molecule has 2 nitrogen and oxygen atoms in total. The maximum Gasteiger partial charge on any atom is 0.187 e. The molecule has 0 unspecified atom stereocenters. The number of fused-ring (bicyclic) bond motifs is 1. The van der Waals surface area contributed by atoms with Crippen molar-refractivity contribution in [1.29, 1.82) is 0 Å². The van der Waals surface area contributed by atoms with Gasteiger partial charge in [0, 0.05) is 28.4 Å². The first-order valence-electron chi connectivity index (χ1n) is 7.64. The molecule has 2 heteroatoms. The van der Waals surface area contributed by atoms with Crippen LogP contribution in [0.4, 0.5) is 0 Å². The first kappa shape index (κ1) is 14.6. The molecule has 0 radical (unpaired) electrons. The molecule has 1 N–H and O–H groups in total. The van der Waals surface area contributed by atoms with E-state index in [0.717, 1.165) is 23.2 Å². The van der Waals surface area contributed by atoms with E-state index in [4.69, 9.17) is 0 Å². The van der Waals surface area contributed by atoms with Gasteiger partial charge in [-0.05, 0) is 38.3 Å². The summed E-state index contributed by atoms with van der Waals surface area (Å²) in [6.45, 7) is 6.48. The molecule has 0 aliphatic carbocycles. The Morgan fingerprint density at radius 1 is 1.09 bits per heavy atom. The van der Waals surface area contributed by atoms with Crippen LogP contribution in [0.3, 0.4) is 0 Å². The number of benzene rings is 2. The van der Waals surface area contributed by atoms with Gasteiger partial charge >= 0.3 is 0 Å². The van der Waals surface area contributed by atoms with E-state index in [1.807, 2.05) is 30.3 Å². The van der Waals surface area contributed by atoms with Crippen molar-refractivity contribution < 1.29 is 4.79 Å². The summed E-state index contributed by atoms with van der Waals surface area (Å²) < 4.78 is 0. The predicted molar refractivity (Wildman–Crippen MR) is 90.8 cm³/mol. The van der Waals surface area contributed by atoms with Gasteiger partial charge in [-0.15, -0.1) is 0 Å². The van der Waals surface area contributed by atoms with Crippen molar-refractivity contribution in [3.05, 3.63) is 76.9 Å². The molecule has 22 heavy (non-hydrogen) atoms. The molecule has 0 bridgehead atoms. The summed E-state index contributed by atoms with van der Waals surface area (Å²) in [6, 6.07) is 15.7. The second kappa shape index (κ2) is 5.45. The lowest BCUT2D eigenvalue weighted by Gasteiger charge is -2.36. The third kappa shape index (κ3) is 2.82. The number of carbonyl (C=O) groups excluding carboxylic acids is 1. The monoisotopic (exact) mass is 291 g/mol. The van der Waals surface area contributed by atoms with Gasteiger partial charge in [-0.3, -0.25) is 4.79 Å². The fraction of sp³-hybridized carbons (Fsp3) is 0.250. The van der Waals surface area contributed by atoms with Gasteiger partial charge in [0.2, 0.25) is 0 Å². The fourth-order valence-electron chi connectivity index (χ4n) is 3.04. The SMILES string of the molecule is Cc1cccc2c1CC(C)(C)N/C2=C\C(=O)c1ccccc1. The highest BCUT2D eigenvalue weighted by Gasteiger charge is 2.28. The van der Waals surface area contributed by atoms with Crippen molar-refractivity contribution in [1.82, 2.24) is 5.32 Å². The Bertz CT molecular complexity index is 742. The average Bonchev–Trinajstić information content (AvgIpc) is 2.48. The average molecular weight is 291 g/mol. The van der Waals surface area contributed by atoms with Crippen molar-refractivity contribution in [3.8, 4) is 0 Å². The highest BCUT2D eigenvalue weighted by atomic mass is 16.1. The van der Waals surface area contributed by atoms with Crippen molar-refractivity contribution in [3.63, 3.8) is 0 Å². The van der Waals surface area contributed by atoms with Crippen LogP contribution >= 0.6 is 0 Å². The molecule has 0 saturated carbocycles. The van der Waals surface area contributed by atoms with Gasteiger partial charge in [0.25, 0.3) is 0 Å². The zero-order valence-electron chi connectivity index (χ0n) is 13.3. The molecular weight excluding hydrogens is 270 g/mol. The molecule has 1 aliphatic rings. The quantitative estimate of drug-likeness (QED) is 0.665. The minimum atomic E-state index is -0.0537. The normalized spacial score (nSPS) is 17.7. The summed E-state index contributed by atoms with van der Waals surface area (Å²) in [7, 11) is 0. The second-order valence-corrected chi connectivity index (χ2v) is 6.57. The molecule has 0 saturated heterocycles. The Hall–Kier alpha value is -2.35. The molecule has 0 atom stereocenters.